The third-order valence-corrected chi connectivity index (χ3v) is 5.67. The van der Waals surface area contributed by atoms with E-state index < -0.39 is 18.0 Å². The molecule has 4 amide bonds. The SMILES string of the molecule is C[C@H]1C(=O)NCCOc2ccccc2C(=O)N[C@H](C(=O)NCC2CC2)CCC(=O)N1C. The Labute approximate surface area is 181 Å². The molecule has 3 N–H and O–H groups in total. The highest BCUT2D eigenvalue weighted by molar-refractivity contribution is 5.99. The summed E-state index contributed by atoms with van der Waals surface area (Å²) in [5.74, 6) is -0.482. The quantitative estimate of drug-likeness (QED) is 0.644. The molecule has 9 heteroatoms. The van der Waals surface area contributed by atoms with Crippen molar-refractivity contribution in [2.45, 2.75) is 44.7 Å². The maximum Gasteiger partial charge on any atom is 0.255 e. The van der Waals surface area contributed by atoms with E-state index in [9.17, 15) is 19.2 Å². The van der Waals surface area contributed by atoms with Crippen molar-refractivity contribution in [1.29, 1.82) is 0 Å². The largest absolute Gasteiger partial charge is 0.491 e. The van der Waals surface area contributed by atoms with E-state index in [-0.39, 0.29) is 43.7 Å². The number of nitrogens with one attached hydrogen (secondary N) is 3. The summed E-state index contributed by atoms with van der Waals surface area (Å²) in [4.78, 5) is 52.0. The second kappa shape index (κ2) is 10.3. The van der Waals surface area contributed by atoms with Crippen LogP contribution in [0.3, 0.4) is 0 Å². The van der Waals surface area contributed by atoms with Gasteiger partial charge >= 0.3 is 0 Å². The van der Waals surface area contributed by atoms with Crippen LogP contribution >= 0.6 is 0 Å². The number of fused-ring (bicyclic) bond motifs is 1. The predicted octanol–water partition coefficient (Wildman–Crippen LogP) is 0.447. The lowest BCUT2D eigenvalue weighted by molar-refractivity contribution is -0.138. The lowest BCUT2D eigenvalue weighted by Gasteiger charge is -2.25. The molecular formula is C22H30N4O5. The van der Waals surface area contributed by atoms with E-state index >= 15 is 0 Å². The van der Waals surface area contributed by atoms with Crippen molar-refractivity contribution in [2.24, 2.45) is 5.92 Å². The van der Waals surface area contributed by atoms with Gasteiger partial charge in [-0.15, -0.1) is 0 Å². The van der Waals surface area contributed by atoms with Crippen LogP contribution in [0.1, 0.15) is 43.0 Å². The van der Waals surface area contributed by atoms with Crippen molar-refractivity contribution in [1.82, 2.24) is 20.9 Å². The van der Waals surface area contributed by atoms with Gasteiger partial charge in [0.25, 0.3) is 5.91 Å². The zero-order valence-corrected chi connectivity index (χ0v) is 18.0. The van der Waals surface area contributed by atoms with Crippen LogP contribution in [0.4, 0.5) is 0 Å². The first-order chi connectivity index (χ1) is 14.9. The molecule has 1 heterocycles. The summed E-state index contributed by atoms with van der Waals surface area (Å²) in [5, 5.41) is 8.36. The van der Waals surface area contributed by atoms with Crippen molar-refractivity contribution >= 4 is 23.6 Å². The predicted molar refractivity (Wildman–Crippen MR) is 113 cm³/mol. The van der Waals surface area contributed by atoms with Crippen LogP contribution < -0.4 is 20.7 Å². The summed E-state index contributed by atoms with van der Waals surface area (Å²) in [5.41, 5.74) is 0.292. The molecule has 1 aromatic rings. The molecule has 1 saturated carbocycles. The monoisotopic (exact) mass is 430 g/mol. The molecule has 1 aliphatic heterocycles. The number of carbonyl (C=O) groups is 4. The molecule has 0 radical (unpaired) electrons. The molecule has 3 rings (SSSR count). The van der Waals surface area contributed by atoms with E-state index in [0.29, 0.717) is 23.8 Å². The van der Waals surface area contributed by atoms with Gasteiger partial charge in [-0.05, 0) is 44.2 Å². The fourth-order valence-electron chi connectivity index (χ4n) is 3.29. The smallest absolute Gasteiger partial charge is 0.255 e. The first kappa shape index (κ1) is 22.6. The second-order valence-corrected chi connectivity index (χ2v) is 8.07. The van der Waals surface area contributed by atoms with Gasteiger partial charge in [0.05, 0.1) is 12.1 Å². The van der Waals surface area contributed by atoms with Gasteiger partial charge in [-0.2, -0.15) is 0 Å². The topological polar surface area (TPSA) is 117 Å². The number of hydrogen-bond acceptors (Lipinski definition) is 5. The number of nitrogens with zero attached hydrogens (tertiary/aromatic N) is 1. The van der Waals surface area contributed by atoms with E-state index in [4.69, 9.17) is 4.74 Å². The molecule has 0 spiro atoms. The number of rotatable bonds is 3. The Balaban J connectivity index is 1.80. The Kier molecular flexibility index (Phi) is 7.49. The highest BCUT2D eigenvalue weighted by Gasteiger charge is 2.29. The lowest BCUT2D eigenvalue weighted by Crippen LogP contribution is -2.49. The van der Waals surface area contributed by atoms with Crippen molar-refractivity contribution in [3.05, 3.63) is 29.8 Å². The first-order valence-electron chi connectivity index (χ1n) is 10.7. The summed E-state index contributed by atoms with van der Waals surface area (Å²) in [7, 11) is 1.55. The Hall–Kier alpha value is -3.10. The average Bonchev–Trinajstić information content (AvgIpc) is 3.60. The molecule has 2 atom stereocenters. The summed E-state index contributed by atoms with van der Waals surface area (Å²) in [6, 6.07) is 5.19. The van der Waals surface area contributed by atoms with Crippen molar-refractivity contribution in [3.8, 4) is 5.75 Å². The molecule has 1 aromatic carbocycles. The Morgan fingerprint density at radius 3 is 2.68 bits per heavy atom. The zero-order valence-electron chi connectivity index (χ0n) is 18.0. The Morgan fingerprint density at radius 1 is 1.19 bits per heavy atom. The first-order valence-corrected chi connectivity index (χ1v) is 10.7. The zero-order chi connectivity index (χ0) is 22.4. The van der Waals surface area contributed by atoms with E-state index in [0.717, 1.165) is 12.8 Å². The maximum absolute atomic E-state index is 12.9. The van der Waals surface area contributed by atoms with Crippen LogP contribution in [0.25, 0.3) is 0 Å². The number of hydrogen-bond donors (Lipinski definition) is 3. The summed E-state index contributed by atoms with van der Waals surface area (Å²) in [6.07, 6.45) is 2.33. The maximum atomic E-state index is 12.9. The van der Waals surface area contributed by atoms with Gasteiger partial charge in [0.2, 0.25) is 17.7 Å². The highest BCUT2D eigenvalue weighted by atomic mass is 16.5. The standard InChI is InChI=1S/C22H30N4O5/c1-14-20(28)23-11-12-31-18-6-4-3-5-16(18)21(29)25-17(9-10-19(27)26(14)2)22(30)24-13-15-7-8-15/h3-6,14-15,17H,7-13H2,1-2H3,(H,23,28)(H,24,30)(H,25,29)/t14-,17-/m0/s1. The molecule has 31 heavy (non-hydrogen) atoms. The van der Waals surface area contributed by atoms with Crippen molar-refractivity contribution in [2.75, 3.05) is 26.7 Å². The molecule has 2 aliphatic rings. The van der Waals surface area contributed by atoms with Crippen LogP contribution in [0.2, 0.25) is 0 Å². The summed E-state index contributed by atoms with van der Waals surface area (Å²) >= 11 is 0. The number of ether oxygens (including phenoxy) is 1. The Bertz CT molecular complexity index is 839. The van der Waals surface area contributed by atoms with Crippen molar-refractivity contribution < 1.29 is 23.9 Å². The van der Waals surface area contributed by atoms with E-state index in [2.05, 4.69) is 16.0 Å². The van der Waals surface area contributed by atoms with Crippen LogP contribution in [0, 0.1) is 5.92 Å². The minimum absolute atomic E-state index is 0.0219. The molecular weight excluding hydrogens is 400 g/mol. The fourth-order valence-corrected chi connectivity index (χ4v) is 3.29. The third kappa shape index (κ3) is 6.19. The normalized spacial score (nSPS) is 23.4. The molecule has 0 unspecified atom stereocenters. The molecule has 0 aromatic heterocycles. The van der Waals surface area contributed by atoms with Gasteiger partial charge in [-0.25, -0.2) is 0 Å². The molecule has 1 fully saturated rings. The minimum Gasteiger partial charge on any atom is -0.491 e. The van der Waals surface area contributed by atoms with Gasteiger partial charge in [0.15, 0.2) is 0 Å². The number of likely N-dealkylation sites (N-methyl/N-ethyl adjacent to an activating group) is 1. The van der Waals surface area contributed by atoms with Crippen molar-refractivity contribution in [3.63, 3.8) is 0 Å². The van der Waals surface area contributed by atoms with Gasteiger partial charge in [0, 0.05) is 20.0 Å². The molecule has 1 aliphatic carbocycles. The van der Waals surface area contributed by atoms with Crippen LogP contribution in [-0.2, 0) is 14.4 Å². The van der Waals surface area contributed by atoms with Crippen LogP contribution in [0.15, 0.2) is 24.3 Å². The molecule has 0 bridgehead atoms. The van der Waals surface area contributed by atoms with Gasteiger partial charge in [-0.3, -0.25) is 19.2 Å². The van der Waals surface area contributed by atoms with Gasteiger partial charge in [-0.1, -0.05) is 12.1 Å². The van der Waals surface area contributed by atoms with Gasteiger partial charge < -0.3 is 25.6 Å². The minimum atomic E-state index is -0.870. The molecule has 9 nitrogen and oxygen atoms in total. The number of benzene rings is 1. The molecule has 0 saturated heterocycles. The van der Waals surface area contributed by atoms with E-state index in [1.54, 1.807) is 38.2 Å². The van der Waals surface area contributed by atoms with Gasteiger partial charge in [0.1, 0.15) is 24.4 Å². The fraction of sp³-hybridized carbons (Fsp3) is 0.545. The molecule has 168 valence electrons. The third-order valence-electron chi connectivity index (χ3n) is 5.67. The second-order valence-electron chi connectivity index (χ2n) is 8.07. The summed E-state index contributed by atoms with van der Waals surface area (Å²) < 4.78 is 5.69. The highest BCUT2D eigenvalue weighted by Crippen LogP contribution is 2.27. The summed E-state index contributed by atoms with van der Waals surface area (Å²) in [6.45, 7) is 2.60. The number of amides is 4. The van der Waals surface area contributed by atoms with Crippen LogP contribution in [-0.4, -0.2) is 67.4 Å². The number of carbonyl (C=O) groups excluding carboxylic acids is 4. The van der Waals surface area contributed by atoms with E-state index in [1.165, 1.54) is 4.90 Å². The Morgan fingerprint density at radius 2 is 1.94 bits per heavy atom. The van der Waals surface area contributed by atoms with E-state index in [1.807, 2.05) is 0 Å². The lowest BCUT2D eigenvalue weighted by atomic mass is 10.1. The van der Waals surface area contributed by atoms with Crippen LogP contribution in [0.5, 0.6) is 5.75 Å². The number of para-hydroxylation sites is 1. The average molecular weight is 431 g/mol.